The Balaban J connectivity index is 2.19. The zero-order valence-corrected chi connectivity index (χ0v) is 17.4. The number of hydrogen-bond donors (Lipinski definition) is 2. The van der Waals surface area contributed by atoms with Crippen LogP contribution in [0.5, 0.6) is 5.75 Å². The molecule has 3 aromatic rings. The number of aryl methyl sites for hydroxylation is 1. The fraction of sp³-hybridized carbons (Fsp3) is 0.136. The summed E-state index contributed by atoms with van der Waals surface area (Å²) in [7, 11) is -2.54. The summed E-state index contributed by atoms with van der Waals surface area (Å²) in [6.45, 7) is 1.68. The van der Waals surface area contributed by atoms with Gasteiger partial charge >= 0.3 is 0 Å². The zero-order chi connectivity index (χ0) is 21.7. The first-order valence-corrected chi connectivity index (χ1v) is 10.6. The number of benzene rings is 3. The van der Waals surface area contributed by atoms with E-state index in [1.807, 2.05) is 18.2 Å². The molecule has 0 spiro atoms. The van der Waals surface area contributed by atoms with Crippen LogP contribution in [0.2, 0.25) is 0 Å². The average molecular weight is 426 g/mol. The van der Waals surface area contributed by atoms with Gasteiger partial charge in [0.15, 0.2) is 0 Å². The van der Waals surface area contributed by atoms with E-state index in [4.69, 9.17) is 4.74 Å². The summed E-state index contributed by atoms with van der Waals surface area (Å²) in [6.07, 6.45) is 0. The van der Waals surface area contributed by atoms with Crippen molar-refractivity contribution < 1.29 is 23.2 Å². The minimum atomic E-state index is -4.04. The van der Waals surface area contributed by atoms with E-state index in [-0.39, 0.29) is 22.7 Å². The Morgan fingerprint density at radius 2 is 1.67 bits per heavy atom. The number of anilines is 1. The smallest absolute Gasteiger partial charge is 0.277 e. The maximum absolute atomic E-state index is 13.6. The second-order valence-corrected chi connectivity index (χ2v) is 8.45. The summed E-state index contributed by atoms with van der Waals surface area (Å²) < 4.78 is 33.5. The molecule has 30 heavy (non-hydrogen) atoms. The predicted molar refractivity (Wildman–Crippen MR) is 113 cm³/mol. The Morgan fingerprint density at radius 3 is 2.27 bits per heavy atom. The van der Waals surface area contributed by atoms with E-state index in [1.165, 1.54) is 23.5 Å². The van der Waals surface area contributed by atoms with Crippen LogP contribution >= 0.6 is 0 Å². The number of nitrogens with zero attached hydrogens (tertiary/aromatic N) is 1. The molecule has 0 aliphatic heterocycles. The van der Waals surface area contributed by atoms with Crippen molar-refractivity contribution in [1.29, 1.82) is 0 Å². The van der Waals surface area contributed by atoms with Crippen molar-refractivity contribution in [2.75, 3.05) is 11.4 Å². The van der Waals surface area contributed by atoms with Crippen LogP contribution in [0.3, 0.4) is 0 Å². The lowest BCUT2D eigenvalue weighted by Crippen LogP contribution is -2.33. The number of amides is 1. The van der Waals surface area contributed by atoms with Gasteiger partial charge in [-0.05, 0) is 48.4 Å². The molecule has 0 fully saturated rings. The molecule has 0 aliphatic carbocycles. The van der Waals surface area contributed by atoms with E-state index >= 15 is 0 Å². The molecule has 0 saturated carbocycles. The SMILES string of the molecule is COc1ccc(S(=O)(=O)N(Cc2ccccc2)c2cccc(C)c2C(=O)NO)cc1. The van der Waals surface area contributed by atoms with Gasteiger partial charge in [-0.3, -0.25) is 14.3 Å². The number of hydrogen-bond acceptors (Lipinski definition) is 5. The quantitative estimate of drug-likeness (QED) is 0.445. The Morgan fingerprint density at radius 1 is 1.00 bits per heavy atom. The summed E-state index contributed by atoms with van der Waals surface area (Å²) >= 11 is 0. The molecule has 0 atom stereocenters. The Labute approximate surface area is 175 Å². The van der Waals surface area contributed by atoms with Crippen molar-refractivity contribution in [2.24, 2.45) is 0 Å². The van der Waals surface area contributed by atoms with Gasteiger partial charge in [-0.15, -0.1) is 0 Å². The van der Waals surface area contributed by atoms with Gasteiger partial charge in [-0.1, -0.05) is 42.5 Å². The van der Waals surface area contributed by atoms with Crippen molar-refractivity contribution in [1.82, 2.24) is 5.48 Å². The summed E-state index contributed by atoms with van der Waals surface area (Å²) in [6, 6.07) is 20.0. The van der Waals surface area contributed by atoms with Gasteiger partial charge in [0.05, 0.1) is 29.8 Å². The second kappa shape index (κ2) is 8.98. The van der Waals surface area contributed by atoms with Gasteiger partial charge in [0.1, 0.15) is 5.75 Å². The standard InChI is InChI=1S/C22H22N2O5S/c1-16-7-6-10-20(21(16)22(25)23-26)24(15-17-8-4-3-5-9-17)30(27,28)19-13-11-18(29-2)12-14-19/h3-14,26H,15H2,1-2H3,(H,23,25). The molecule has 1 amide bonds. The van der Waals surface area contributed by atoms with Gasteiger partial charge in [-0.2, -0.15) is 0 Å². The molecule has 0 aliphatic rings. The van der Waals surface area contributed by atoms with Gasteiger partial charge in [-0.25, -0.2) is 13.9 Å². The number of carbonyl (C=O) groups is 1. The van der Waals surface area contributed by atoms with Crippen LogP contribution in [0.1, 0.15) is 21.5 Å². The molecule has 156 valence electrons. The highest BCUT2D eigenvalue weighted by atomic mass is 32.2. The van der Waals surface area contributed by atoms with E-state index in [0.29, 0.717) is 11.3 Å². The first kappa shape index (κ1) is 21.4. The van der Waals surface area contributed by atoms with E-state index in [9.17, 15) is 18.4 Å². The first-order chi connectivity index (χ1) is 14.4. The minimum absolute atomic E-state index is 0.00433. The molecule has 0 aromatic heterocycles. The Bertz CT molecular complexity index is 1130. The van der Waals surface area contributed by atoms with Gasteiger partial charge in [0.25, 0.3) is 15.9 Å². The topological polar surface area (TPSA) is 95.9 Å². The molecule has 0 saturated heterocycles. The largest absolute Gasteiger partial charge is 0.497 e. The minimum Gasteiger partial charge on any atom is -0.497 e. The monoisotopic (exact) mass is 426 g/mol. The highest BCUT2D eigenvalue weighted by Crippen LogP contribution is 2.31. The maximum atomic E-state index is 13.6. The number of carbonyl (C=O) groups excluding carboxylic acids is 1. The van der Waals surface area contributed by atoms with Crippen LogP contribution < -0.4 is 14.5 Å². The fourth-order valence-electron chi connectivity index (χ4n) is 3.14. The van der Waals surface area contributed by atoms with Crippen LogP contribution in [0.15, 0.2) is 77.7 Å². The Kier molecular flexibility index (Phi) is 6.39. The summed E-state index contributed by atoms with van der Waals surface area (Å²) in [5, 5.41) is 9.20. The maximum Gasteiger partial charge on any atom is 0.277 e. The third-order valence-electron chi connectivity index (χ3n) is 4.66. The third-order valence-corrected chi connectivity index (χ3v) is 6.44. The van der Waals surface area contributed by atoms with E-state index in [0.717, 1.165) is 5.56 Å². The summed E-state index contributed by atoms with van der Waals surface area (Å²) in [5.41, 5.74) is 3.13. The number of methoxy groups -OCH3 is 1. The van der Waals surface area contributed by atoms with Crippen LogP contribution in [0.4, 0.5) is 5.69 Å². The number of ether oxygens (including phenoxy) is 1. The lowest BCUT2D eigenvalue weighted by atomic mass is 10.1. The molecular weight excluding hydrogens is 404 g/mol. The molecule has 7 nitrogen and oxygen atoms in total. The van der Waals surface area contributed by atoms with Gasteiger partial charge < -0.3 is 4.74 Å². The fourth-order valence-corrected chi connectivity index (χ4v) is 4.60. The van der Waals surface area contributed by atoms with Crippen molar-refractivity contribution >= 4 is 21.6 Å². The van der Waals surface area contributed by atoms with Crippen molar-refractivity contribution in [3.05, 3.63) is 89.5 Å². The normalized spacial score (nSPS) is 11.0. The lowest BCUT2D eigenvalue weighted by Gasteiger charge is -2.27. The molecule has 3 aromatic carbocycles. The van der Waals surface area contributed by atoms with Crippen LogP contribution in [-0.2, 0) is 16.6 Å². The van der Waals surface area contributed by atoms with E-state index < -0.39 is 15.9 Å². The molecule has 3 rings (SSSR count). The van der Waals surface area contributed by atoms with Crippen molar-refractivity contribution in [3.8, 4) is 5.75 Å². The molecule has 0 bridgehead atoms. The van der Waals surface area contributed by atoms with E-state index in [2.05, 4.69) is 0 Å². The number of rotatable bonds is 7. The molecule has 8 heteroatoms. The predicted octanol–water partition coefficient (Wildman–Crippen LogP) is 3.52. The van der Waals surface area contributed by atoms with Gasteiger partial charge in [0, 0.05) is 0 Å². The van der Waals surface area contributed by atoms with E-state index in [1.54, 1.807) is 54.9 Å². The van der Waals surface area contributed by atoms with Crippen molar-refractivity contribution in [2.45, 2.75) is 18.4 Å². The van der Waals surface area contributed by atoms with Crippen LogP contribution in [-0.4, -0.2) is 26.6 Å². The third kappa shape index (κ3) is 4.29. The first-order valence-electron chi connectivity index (χ1n) is 9.13. The summed E-state index contributed by atoms with van der Waals surface area (Å²) in [5.74, 6) is -0.259. The molecule has 0 radical (unpaired) electrons. The number of sulfonamides is 1. The summed E-state index contributed by atoms with van der Waals surface area (Å²) in [4.78, 5) is 12.4. The van der Waals surface area contributed by atoms with Crippen LogP contribution in [0, 0.1) is 6.92 Å². The second-order valence-electron chi connectivity index (χ2n) is 6.58. The molecule has 0 unspecified atom stereocenters. The highest BCUT2D eigenvalue weighted by Gasteiger charge is 2.29. The van der Waals surface area contributed by atoms with Gasteiger partial charge in [0.2, 0.25) is 0 Å². The van der Waals surface area contributed by atoms with Crippen LogP contribution in [0.25, 0.3) is 0 Å². The number of nitrogens with one attached hydrogen (secondary N) is 1. The lowest BCUT2D eigenvalue weighted by molar-refractivity contribution is 0.0706. The highest BCUT2D eigenvalue weighted by molar-refractivity contribution is 7.92. The average Bonchev–Trinajstić information content (AvgIpc) is 2.77. The zero-order valence-electron chi connectivity index (χ0n) is 16.6. The molecule has 0 heterocycles. The molecular formula is C22H22N2O5S. The van der Waals surface area contributed by atoms with Crippen molar-refractivity contribution in [3.63, 3.8) is 0 Å². The Hall–Kier alpha value is -3.36. The number of hydroxylamine groups is 1. The molecule has 2 N–H and O–H groups in total.